The van der Waals surface area contributed by atoms with E-state index in [0.717, 1.165) is 16.9 Å². The van der Waals surface area contributed by atoms with Crippen LogP contribution in [0, 0.1) is 6.92 Å². The number of aryl methyl sites for hydroxylation is 1. The summed E-state index contributed by atoms with van der Waals surface area (Å²) in [5.41, 5.74) is 3.88. The van der Waals surface area contributed by atoms with E-state index in [-0.39, 0.29) is 0 Å². The highest BCUT2D eigenvalue weighted by Crippen LogP contribution is 2.44. The van der Waals surface area contributed by atoms with Gasteiger partial charge in [-0.25, -0.2) is 4.98 Å². The monoisotopic (exact) mass is 315 g/mol. The minimum absolute atomic E-state index is 0.442. The molecule has 0 saturated carbocycles. The lowest BCUT2D eigenvalue weighted by molar-refractivity contribution is 0.453. The van der Waals surface area contributed by atoms with Crippen molar-refractivity contribution < 1.29 is 0 Å². The Hall–Kier alpha value is -1.30. The fraction of sp³-hybridized carbons (Fsp3) is 0.375. The molecule has 0 spiro atoms. The molecule has 3 nitrogen and oxygen atoms in total. The van der Waals surface area contributed by atoms with Gasteiger partial charge in [0.15, 0.2) is 0 Å². The van der Waals surface area contributed by atoms with Crippen molar-refractivity contribution in [3.8, 4) is 10.6 Å². The molecule has 0 amide bonds. The Morgan fingerprint density at radius 3 is 2.95 bits per heavy atom. The Morgan fingerprint density at radius 2 is 2.14 bits per heavy atom. The molecule has 2 atom stereocenters. The van der Waals surface area contributed by atoms with Crippen molar-refractivity contribution in [3.63, 3.8) is 0 Å². The number of pyridine rings is 1. The highest BCUT2D eigenvalue weighted by Gasteiger charge is 2.28. The van der Waals surface area contributed by atoms with Crippen molar-refractivity contribution >= 4 is 32.9 Å². The third kappa shape index (κ3) is 2.11. The van der Waals surface area contributed by atoms with Gasteiger partial charge in [0.1, 0.15) is 10.5 Å². The first-order valence-corrected chi connectivity index (χ1v) is 8.86. The van der Waals surface area contributed by atoms with Gasteiger partial charge in [0.05, 0.1) is 10.9 Å². The standard InChI is InChI=1S/C16H17N3S2/c1-8-6-11-14(10(3)20-15(11)9(2)18-8)16-19-12-7-17-5-4-13(12)21-16/h4-5,7-9,18H,6H2,1-3H3. The van der Waals surface area contributed by atoms with E-state index in [4.69, 9.17) is 4.98 Å². The predicted molar refractivity (Wildman–Crippen MR) is 90.2 cm³/mol. The minimum Gasteiger partial charge on any atom is -0.307 e. The van der Waals surface area contributed by atoms with Gasteiger partial charge >= 0.3 is 0 Å². The number of thiazole rings is 1. The molecular weight excluding hydrogens is 298 g/mol. The summed E-state index contributed by atoms with van der Waals surface area (Å²) < 4.78 is 1.22. The van der Waals surface area contributed by atoms with Gasteiger partial charge in [-0.1, -0.05) is 0 Å². The second kappa shape index (κ2) is 4.87. The van der Waals surface area contributed by atoms with E-state index in [2.05, 4.69) is 37.1 Å². The number of hydrogen-bond acceptors (Lipinski definition) is 5. The number of thiophene rings is 1. The van der Waals surface area contributed by atoms with Crippen LogP contribution in [0.5, 0.6) is 0 Å². The van der Waals surface area contributed by atoms with Crippen molar-refractivity contribution in [2.45, 2.75) is 39.3 Å². The molecule has 3 aromatic rings. The third-order valence-corrected chi connectivity index (χ3v) is 6.44. The molecule has 4 heterocycles. The molecule has 0 saturated heterocycles. The molecule has 1 aliphatic heterocycles. The average molecular weight is 315 g/mol. The van der Waals surface area contributed by atoms with Gasteiger partial charge in [-0.05, 0) is 38.8 Å². The quantitative estimate of drug-likeness (QED) is 0.726. The largest absolute Gasteiger partial charge is 0.307 e. The first-order chi connectivity index (χ1) is 10.1. The molecule has 0 aromatic carbocycles. The molecule has 4 rings (SSSR count). The van der Waals surface area contributed by atoms with Gasteiger partial charge in [0.25, 0.3) is 0 Å². The SMILES string of the molecule is Cc1sc2c(c1-c1nc3cnccc3s1)CC(C)NC2C. The zero-order chi connectivity index (χ0) is 14.6. The lowest BCUT2D eigenvalue weighted by atomic mass is 9.95. The van der Waals surface area contributed by atoms with Crippen molar-refractivity contribution in [2.24, 2.45) is 0 Å². The van der Waals surface area contributed by atoms with Crippen LogP contribution in [0.4, 0.5) is 0 Å². The highest BCUT2D eigenvalue weighted by atomic mass is 32.1. The van der Waals surface area contributed by atoms with E-state index in [9.17, 15) is 0 Å². The summed E-state index contributed by atoms with van der Waals surface area (Å²) in [7, 11) is 0. The molecule has 0 bridgehead atoms. The van der Waals surface area contributed by atoms with E-state index in [1.165, 1.54) is 25.6 Å². The van der Waals surface area contributed by atoms with E-state index in [0.29, 0.717) is 12.1 Å². The van der Waals surface area contributed by atoms with E-state index in [1.807, 2.05) is 23.7 Å². The first kappa shape index (κ1) is 13.4. The summed E-state index contributed by atoms with van der Waals surface area (Å²) in [6.45, 7) is 6.75. The van der Waals surface area contributed by atoms with Crippen molar-refractivity contribution in [2.75, 3.05) is 0 Å². The maximum atomic E-state index is 4.82. The fourth-order valence-electron chi connectivity index (χ4n) is 3.20. The molecular formula is C16H17N3S2. The molecule has 3 aromatic heterocycles. The Balaban J connectivity index is 1.92. The van der Waals surface area contributed by atoms with Gasteiger partial charge in [-0.15, -0.1) is 22.7 Å². The van der Waals surface area contributed by atoms with E-state index >= 15 is 0 Å². The Bertz CT molecular complexity index is 785. The molecule has 2 unspecified atom stereocenters. The van der Waals surface area contributed by atoms with Gasteiger partial charge in [0.2, 0.25) is 0 Å². The number of nitrogens with zero attached hydrogens (tertiary/aromatic N) is 2. The summed E-state index contributed by atoms with van der Waals surface area (Å²) in [5, 5.41) is 4.78. The second-order valence-electron chi connectivity index (χ2n) is 5.73. The maximum absolute atomic E-state index is 4.82. The number of fused-ring (bicyclic) bond motifs is 2. The Morgan fingerprint density at radius 1 is 1.29 bits per heavy atom. The van der Waals surface area contributed by atoms with Gasteiger partial charge in [0, 0.05) is 33.6 Å². The Kier molecular flexibility index (Phi) is 3.10. The van der Waals surface area contributed by atoms with Crippen LogP contribution in [-0.2, 0) is 6.42 Å². The molecule has 0 fully saturated rings. The summed E-state index contributed by atoms with van der Waals surface area (Å²) in [6, 6.07) is 3.02. The molecule has 0 aliphatic carbocycles. The van der Waals surface area contributed by atoms with E-state index < -0.39 is 0 Å². The number of nitrogens with one attached hydrogen (secondary N) is 1. The van der Waals surface area contributed by atoms with Crippen LogP contribution in [0.15, 0.2) is 18.5 Å². The summed E-state index contributed by atoms with van der Waals surface area (Å²) >= 11 is 3.70. The van der Waals surface area contributed by atoms with Crippen LogP contribution in [0.25, 0.3) is 20.8 Å². The smallest absolute Gasteiger partial charge is 0.126 e. The van der Waals surface area contributed by atoms with Gasteiger partial charge in [-0.3, -0.25) is 4.98 Å². The molecule has 5 heteroatoms. The normalized spacial score (nSPS) is 21.7. The van der Waals surface area contributed by atoms with Crippen LogP contribution < -0.4 is 5.32 Å². The van der Waals surface area contributed by atoms with Crippen molar-refractivity contribution in [3.05, 3.63) is 33.8 Å². The summed E-state index contributed by atoms with van der Waals surface area (Å²) in [6.07, 6.45) is 4.79. The predicted octanol–water partition coefficient (Wildman–Crippen LogP) is 4.32. The van der Waals surface area contributed by atoms with Gasteiger partial charge in [-0.2, -0.15) is 0 Å². The van der Waals surface area contributed by atoms with Crippen molar-refractivity contribution in [1.29, 1.82) is 0 Å². The second-order valence-corrected chi connectivity index (χ2v) is 8.02. The van der Waals surface area contributed by atoms with E-state index in [1.54, 1.807) is 11.3 Å². The van der Waals surface area contributed by atoms with Crippen LogP contribution in [0.1, 0.15) is 35.2 Å². The minimum atomic E-state index is 0.442. The molecule has 0 radical (unpaired) electrons. The summed E-state index contributed by atoms with van der Waals surface area (Å²) in [5.74, 6) is 0. The zero-order valence-electron chi connectivity index (χ0n) is 12.3. The fourth-order valence-corrected chi connectivity index (χ4v) is 5.53. The average Bonchev–Trinajstić information content (AvgIpc) is 2.98. The molecule has 108 valence electrons. The molecule has 1 N–H and O–H groups in total. The van der Waals surface area contributed by atoms with Crippen LogP contribution in [0.3, 0.4) is 0 Å². The first-order valence-electron chi connectivity index (χ1n) is 7.22. The lowest BCUT2D eigenvalue weighted by Gasteiger charge is -2.26. The topological polar surface area (TPSA) is 37.8 Å². The summed E-state index contributed by atoms with van der Waals surface area (Å²) in [4.78, 5) is 11.9. The van der Waals surface area contributed by atoms with Crippen LogP contribution in [0.2, 0.25) is 0 Å². The molecule has 1 aliphatic rings. The maximum Gasteiger partial charge on any atom is 0.126 e. The molecule has 21 heavy (non-hydrogen) atoms. The number of aromatic nitrogens is 2. The third-order valence-electron chi connectivity index (χ3n) is 4.06. The zero-order valence-corrected chi connectivity index (χ0v) is 13.9. The van der Waals surface area contributed by atoms with Crippen molar-refractivity contribution in [1.82, 2.24) is 15.3 Å². The lowest BCUT2D eigenvalue weighted by Crippen LogP contribution is -2.35. The highest BCUT2D eigenvalue weighted by molar-refractivity contribution is 7.22. The van der Waals surface area contributed by atoms with Crippen LogP contribution >= 0.6 is 22.7 Å². The number of rotatable bonds is 1. The van der Waals surface area contributed by atoms with Gasteiger partial charge < -0.3 is 5.32 Å². The number of hydrogen-bond donors (Lipinski definition) is 1. The van der Waals surface area contributed by atoms with Crippen LogP contribution in [-0.4, -0.2) is 16.0 Å². The Labute approximate surface area is 132 Å².